The molecule has 5 N–H and O–H groups in total. The number of aliphatic carboxylic acids is 1. The van der Waals surface area contributed by atoms with E-state index in [1.807, 2.05) is 30.3 Å². The summed E-state index contributed by atoms with van der Waals surface area (Å²) in [6.45, 7) is 0. The van der Waals surface area contributed by atoms with Crippen LogP contribution in [0, 0.1) is 0 Å². The number of carboxylic acid groups (broad SMARTS) is 1. The molecule has 20 heavy (non-hydrogen) atoms. The van der Waals surface area contributed by atoms with E-state index in [1.165, 1.54) is 6.08 Å². The van der Waals surface area contributed by atoms with Crippen molar-refractivity contribution in [3.05, 3.63) is 42.0 Å². The van der Waals surface area contributed by atoms with Gasteiger partial charge in [0, 0.05) is 0 Å². The van der Waals surface area contributed by atoms with Gasteiger partial charge in [-0.25, -0.2) is 0 Å². The second-order valence-electron chi connectivity index (χ2n) is 4.63. The zero-order valence-electron chi connectivity index (χ0n) is 11.2. The van der Waals surface area contributed by atoms with Gasteiger partial charge < -0.3 is 16.6 Å². The van der Waals surface area contributed by atoms with Crippen molar-refractivity contribution in [2.45, 2.75) is 31.3 Å². The predicted octanol–water partition coefficient (Wildman–Crippen LogP) is 1.18. The van der Waals surface area contributed by atoms with Gasteiger partial charge in [0.1, 0.15) is 6.04 Å². The minimum Gasteiger partial charge on any atom is -0.480 e. The summed E-state index contributed by atoms with van der Waals surface area (Å²) in [6.07, 6.45) is 4.43. The van der Waals surface area contributed by atoms with Crippen molar-refractivity contribution in [2.75, 3.05) is 0 Å². The van der Waals surface area contributed by atoms with E-state index in [-0.39, 0.29) is 5.78 Å². The predicted molar refractivity (Wildman–Crippen MR) is 77.9 cm³/mol. The summed E-state index contributed by atoms with van der Waals surface area (Å²) in [5.41, 5.74) is 12.1. The summed E-state index contributed by atoms with van der Waals surface area (Å²) < 4.78 is 0. The number of hydrogen-bond acceptors (Lipinski definition) is 4. The molecule has 0 aliphatic heterocycles. The number of carbonyl (C=O) groups is 2. The SMILES string of the molecule is NC(CCC[C@H](N)C(=O)O)C(=O)C=Cc1ccccc1. The van der Waals surface area contributed by atoms with Gasteiger partial charge in [0.15, 0.2) is 5.78 Å². The van der Waals surface area contributed by atoms with Crippen molar-refractivity contribution >= 4 is 17.8 Å². The molecule has 1 rings (SSSR count). The third-order valence-corrected chi connectivity index (χ3v) is 2.95. The van der Waals surface area contributed by atoms with E-state index in [1.54, 1.807) is 6.08 Å². The molecule has 5 nitrogen and oxygen atoms in total. The molecule has 0 amide bonds. The molecule has 0 aliphatic carbocycles. The van der Waals surface area contributed by atoms with Crippen LogP contribution in [0.5, 0.6) is 0 Å². The maximum Gasteiger partial charge on any atom is 0.320 e. The molecule has 2 atom stereocenters. The molecule has 1 unspecified atom stereocenters. The van der Waals surface area contributed by atoms with Crippen molar-refractivity contribution in [1.82, 2.24) is 0 Å². The van der Waals surface area contributed by atoms with E-state index in [9.17, 15) is 9.59 Å². The topological polar surface area (TPSA) is 106 Å². The number of carbonyl (C=O) groups excluding carboxylic acids is 1. The Bertz CT molecular complexity index is 471. The van der Waals surface area contributed by atoms with Crippen molar-refractivity contribution < 1.29 is 14.7 Å². The summed E-state index contributed by atoms with van der Waals surface area (Å²) >= 11 is 0. The van der Waals surface area contributed by atoms with Gasteiger partial charge in [0.2, 0.25) is 0 Å². The van der Waals surface area contributed by atoms with Gasteiger partial charge in [-0.15, -0.1) is 0 Å². The van der Waals surface area contributed by atoms with E-state index in [4.69, 9.17) is 16.6 Å². The van der Waals surface area contributed by atoms with Crippen LogP contribution in [0.15, 0.2) is 36.4 Å². The lowest BCUT2D eigenvalue weighted by Gasteiger charge is -2.09. The van der Waals surface area contributed by atoms with Gasteiger partial charge >= 0.3 is 5.97 Å². The lowest BCUT2D eigenvalue weighted by atomic mass is 10.0. The molecule has 108 valence electrons. The Morgan fingerprint density at radius 3 is 2.30 bits per heavy atom. The summed E-state index contributed by atoms with van der Waals surface area (Å²) in [5.74, 6) is -1.20. The molecule has 0 radical (unpaired) electrons. The average molecular weight is 276 g/mol. The molecule has 1 aromatic carbocycles. The number of benzene rings is 1. The molecule has 0 heterocycles. The van der Waals surface area contributed by atoms with Crippen LogP contribution in [0.1, 0.15) is 24.8 Å². The smallest absolute Gasteiger partial charge is 0.320 e. The molecule has 0 aliphatic rings. The quantitative estimate of drug-likeness (QED) is 0.618. The van der Waals surface area contributed by atoms with Crippen LogP contribution in [0.4, 0.5) is 0 Å². The molecule has 0 fully saturated rings. The van der Waals surface area contributed by atoms with E-state index < -0.39 is 18.1 Å². The first kappa shape index (κ1) is 16.1. The number of rotatable bonds is 8. The number of carboxylic acids is 1. The van der Waals surface area contributed by atoms with Gasteiger partial charge in [-0.1, -0.05) is 36.4 Å². The summed E-state index contributed by atoms with van der Waals surface area (Å²) in [6, 6.07) is 7.95. The van der Waals surface area contributed by atoms with Gasteiger partial charge in [0.05, 0.1) is 6.04 Å². The molecule has 0 aromatic heterocycles. The minimum absolute atomic E-state index is 0.169. The number of nitrogens with two attached hydrogens (primary N) is 2. The van der Waals surface area contributed by atoms with Crippen molar-refractivity contribution in [1.29, 1.82) is 0 Å². The first-order chi connectivity index (χ1) is 9.50. The molecule has 0 spiro atoms. The van der Waals surface area contributed by atoms with Gasteiger partial charge in [-0.05, 0) is 30.9 Å². The normalized spacial score (nSPS) is 14.1. The molecule has 0 saturated carbocycles. The third-order valence-electron chi connectivity index (χ3n) is 2.95. The van der Waals surface area contributed by atoms with Crippen LogP contribution in [-0.4, -0.2) is 28.9 Å². The summed E-state index contributed by atoms with van der Waals surface area (Å²) in [7, 11) is 0. The minimum atomic E-state index is -1.03. The fourth-order valence-corrected chi connectivity index (χ4v) is 1.69. The van der Waals surface area contributed by atoms with Crippen LogP contribution in [-0.2, 0) is 9.59 Å². The average Bonchev–Trinajstić information content (AvgIpc) is 2.45. The first-order valence-corrected chi connectivity index (χ1v) is 6.51. The monoisotopic (exact) mass is 276 g/mol. The Morgan fingerprint density at radius 2 is 1.70 bits per heavy atom. The first-order valence-electron chi connectivity index (χ1n) is 6.51. The second-order valence-corrected chi connectivity index (χ2v) is 4.63. The number of hydrogen-bond donors (Lipinski definition) is 3. The molecule has 1 aromatic rings. The lowest BCUT2D eigenvalue weighted by molar-refractivity contribution is -0.138. The van der Waals surface area contributed by atoms with Crippen LogP contribution >= 0.6 is 0 Å². The highest BCUT2D eigenvalue weighted by Crippen LogP contribution is 2.05. The Kier molecular flexibility index (Phi) is 6.63. The van der Waals surface area contributed by atoms with Crippen LogP contribution < -0.4 is 11.5 Å². The van der Waals surface area contributed by atoms with Gasteiger partial charge in [-0.3, -0.25) is 9.59 Å². The van der Waals surface area contributed by atoms with Crippen molar-refractivity contribution in [3.63, 3.8) is 0 Å². The van der Waals surface area contributed by atoms with Crippen LogP contribution in [0.3, 0.4) is 0 Å². The summed E-state index contributed by atoms with van der Waals surface area (Å²) in [4.78, 5) is 22.3. The standard InChI is InChI=1S/C15H20N2O3/c16-12(7-4-8-13(17)15(19)20)14(18)10-9-11-5-2-1-3-6-11/h1-3,5-6,9-10,12-13H,4,7-8,16-17H2,(H,19,20)/t12?,13-/m0/s1. The van der Waals surface area contributed by atoms with E-state index >= 15 is 0 Å². The van der Waals surface area contributed by atoms with Crippen LogP contribution in [0.25, 0.3) is 6.08 Å². The Hall–Kier alpha value is -1.98. The fourth-order valence-electron chi connectivity index (χ4n) is 1.69. The fraction of sp³-hybridized carbons (Fsp3) is 0.333. The Morgan fingerprint density at radius 1 is 1.10 bits per heavy atom. The highest BCUT2D eigenvalue weighted by atomic mass is 16.4. The Labute approximate surface area is 118 Å². The van der Waals surface area contributed by atoms with E-state index in [0.717, 1.165) is 5.56 Å². The highest BCUT2D eigenvalue weighted by molar-refractivity contribution is 5.97. The molecular formula is C15H20N2O3. The lowest BCUT2D eigenvalue weighted by Crippen LogP contribution is -2.32. The largest absolute Gasteiger partial charge is 0.480 e. The second kappa shape index (κ2) is 8.24. The maximum absolute atomic E-state index is 11.8. The van der Waals surface area contributed by atoms with Crippen molar-refractivity contribution in [3.8, 4) is 0 Å². The van der Waals surface area contributed by atoms with Gasteiger partial charge in [-0.2, -0.15) is 0 Å². The Balaban J connectivity index is 2.36. The van der Waals surface area contributed by atoms with E-state index in [0.29, 0.717) is 19.3 Å². The summed E-state index contributed by atoms with van der Waals surface area (Å²) in [5, 5.41) is 8.63. The zero-order chi connectivity index (χ0) is 15.0. The van der Waals surface area contributed by atoms with E-state index in [2.05, 4.69) is 0 Å². The number of ketones is 1. The van der Waals surface area contributed by atoms with Crippen LogP contribution in [0.2, 0.25) is 0 Å². The molecule has 0 saturated heterocycles. The van der Waals surface area contributed by atoms with Gasteiger partial charge in [0.25, 0.3) is 0 Å². The molecular weight excluding hydrogens is 256 g/mol. The third kappa shape index (κ3) is 5.77. The molecule has 5 heteroatoms. The molecule has 0 bridgehead atoms. The zero-order valence-corrected chi connectivity index (χ0v) is 11.2. The maximum atomic E-state index is 11.8. The highest BCUT2D eigenvalue weighted by Gasteiger charge is 2.14. The van der Waals surface area contributed by atoms with Crippen molar-refractivity contribution in [2.24, 2.45) is 11.5 Å².